The van der Waals surface area contributed by atoms with Crippen LogP contribution < -0.4 is 0 Å². The van der Waals surface area contributed by atoms with E-state index in [4.69, 9.17) is 0 Å². The van der Waals surface area contributed by atoms with Gasteiger partial charge in [0, 0.05) is 17.8 Å². The molecule has 1 heterocycles. The third-order valence-electron chi connectivity index (χ3n) is 5.10. The highest BCUT2D eigenvalue weighted by Gasteiger charge is 2.29. The predicted octanol–water partition coefficient (Wildman–Crippen LogP) is 9.82. The summed E-state index contributed by atoms with van der Waals surface area (Å²) in [6.45, 7) is 4.12. The minimum atomic E-state index is -4.27. The maximum absolute atomic E-state index is 12.4. The second-order valence-electron chi connectivity index (χ2n) is 7.28. The third kappa shape index (κ3) is 8.18. The van der Waals surface area contributed by atoms with E-state index in [1.807, 2.05) is 55.6 Å². The summed E-state index contributed by atoms with van der Waals surface area (Å²) in [6.07, 6.45) is -2.43. The zero-order chi connectivity index (χ0) is 22.3. The molecule has 0 aliphatic carbocycles. The molecule has 1 aromatic heterocycles. The summed E-state index contributed by atoms with van der Waals surface area (Å²) in [6, 6.07) is 29.3. The van der Waals surface area contributed by atoms with E-state index in [-0.39, 0.29) is 22.3 Å². The van der Waals surface area contributed by atoms with Gasteiger partial charge in [-0.3, -0.25) is 4.98 Å². The van der Waals surface area contributed by atoms with Gasteiger partial charge in [-0.25, -0.2) is 0 Å². The minimum Gasteiger partial charge on any atom is -0.261 e. The number of benzene rings is 3. The Morgan fingerprint density at radius 3 is 1.76 bits per heavy atom. The number of nitrogens with zero attached hydrogens (tertiary/aromatic N) is 1. The molecule has 0 bridgehead atoms. The number of halogens is 3. The van der Waals surface area contributed by atoms with Crippen molar-refractivity contribution >= 4 is 0 Å². The number of aryl methyl sites for hydroxylation is 1. The highest BCUT2D eigenvalue weighted by molar-refractivity contribution is 5.67. The summed E-state index contributed by atoms with van der Waals surface area (Å²) >= 11 is 0. The molecule has 1 unspecified atom stereocenters. The van der Waals surface area contributed by atoms with Gasteiger partial charge in [0.1, 0.15) is 0 Å². The highest BCUT2D eigenvalue weighted by atomic mass is 19.4. The van der Waals surface area contributed by atoms with E-state index in [1.54, 1.807) is 0 Å². The number of rotatable bonds is 3. The fourth-order valence-electron chi connectivity index (χ4n) is 3.28. The smallest absolute Gasteiger partial charge is 0.261 e. The molecule has 182 valence electrons. The van der Waals surface area contributed by atoms with Gasteiger partial charge >= 0.3 is 6.18 Å². The molecule has 0 aliphatic rings. The summed E-state index contributed by atoms with van der Waals surface area (Å²) < 4.78 is 37.2. The quantitative estimate of drug-likeness (QED) is 0.292. The number of pyridine rings is 1. The zero-order valence-corrected chi connectivity index (χ0v) is 17.5. The topological polar surface area (TPSA) is 12.9 Å². The van der Waals surface area contributed by atoms with Gasteiger partial charge in [-0.2, -0.15) is 13.2 Å². The monoisotopic (exact) mass is 467 g/mol. The zero-order valence-electron chi connectivity index (χ0n) is 17.5. The molecule has 0 N–H and O–H groups in total. The van der Waals surface area contributed by atoms with E-state index in [1.165, 1.54) is 17.7 Å². The van der Waals surface area contributed by atoms with E-state index in [0.29, 0.717) is 5.92 Å². The molecule has 1 nitrogen and oxygen atoms in total. The molecule has 4 aromatic rings. The van der Waals surface area contributed by atoms with Crippen LogP contribution in [0.5, 0.6) is 0 Å². The molecular formula is C30H36F3N. The molecule has 0 saturated heterocycles. The van der Waals surface area contributed by atoms with E-state index < -0.39 is 11.7 Å². The Kier molecular flexibility index (Phi) is 12.6. The molecule has 0 saturated carbocycles. The summed E-state index contributed by atoms with van der Waals surface area (Å²) in [5.41, 5.74) is 4.63. The fourth-order valence-corrected chi connectivity index (χ4v) is 3.28. The Morgan fingerprint density at radius 1 is 0.676 bits per heavy atom. The Bertz CT molecular complexity index is 1030. The molecule has 0 aliphatic heterocycles. The standard InChI is InChI=1S/C14H11F3.C13H13N.3CH4/c1-10-4-2-3-5-13(10)11-6-8-12(9-7-11)14(15,16)17;1-11(12-7-3-2-4-8-12)13-9-5-6-10-14-13;;;/h2-9H,1H3;2-11H,1H3;3*1H4. The predicted molar refractivity (Wildman–Crippen MR) is 140 cm³/mol. The van der Waals surface area contributed by atoms with Crippen LogP contribution in [0.25, 0.3) is 11.1 Å². The van der Waals surface area contributed by atoms with Gasteiger partial charge in [0.2, 0.25) is 0 Å². The first kappa shape index (κ1) is 30.6. The van der Waals surface area contributed by atoms with Gasteiger partial charge in [-0.05, 0) is 53.4 Å². The lowest BCUT2D eigenvalue weighted by Crippen LogP contribution is -2.04. The van der Waals surface area contributed by atoms with Crippen molar-refractivity contribution in [1.29, 1.82) is 0 Å². The first-order chi connectivity index (χ1) is 14.9. The number of hydrogen-bond donors (Lipinski definition) is 0. The van der Waals surface area contributed by atoms with E-state index in [9.17, 15) is 13.2 Å². The summed E-state index contributed by atoms with van der Waals surface area (Å²) in [4.78, 5) is 4.36. The van der Waals surface area contributed by atoms with E-state index >= 15 is 0 Å². The van der Waals surface area contributed by atoms with E-state index in [0.717, 1.165) is 34.5 Å². The fraction of sp³-hybridized carbons (Fsp3) is 0.233. The Morgan fingerprint density at radius 2 is 1.24 bits per heavy atom. The van der Waals surface area contributed by atoms with Crippen molar-refractivity contribution in [2.45, 2.75) is 48.2 Å². The Balaban J connectivity index is 0.000000597. The van der Waals surface area contributed by atoms with Crippen molar-refractivity contribution in [3.8, 4) is 11.1 Å². The van der Waals surface area contributed by atoms with Crippen molar-refractivity contribution < 1.29 is 13.2 Å². The molecule has 0 radical (unpaired) electrons. The molecule has 0 fully saturated rings. The van der Waals surface area contributed by atoms with Crippen LogP contribution in [-0.2, 0) is 6.18 Å². The molecule has 4 rings (SSSR count). The average Bonchev–Trinajstić information content (AvgIpc) is 2.80. The number of alkyl halides is 3. The van der Waals surface area contributed by atoms with Crippen molar-refractivity contribution in [3.63, 3.8) is 0 Å². The van der Waals surface area contributed by atoms with Crippen LogP contribution >= 0.6 is 0 Å². The summed E-state index contributed by atoms with van der Waals surface area (Å²) in [5.74, 6) is 0.373. The van der Waals surface area contributed by atoms with Crippen LogP contribution in [-0.4, -0.2) is 4.98 Å². The molecule has 0 amide bonds. The van der Waals surface area contributed by atoms with Gasteiger partial charge in [-0.15, -0.1) is 0 Å². The first-order valence-corrected chi connectivity index (χ1v) is 10.1. The van der Waals surface area contributed by atoms with Gasteiger partial charge in [-0.1, -0.05) is 102 Å². The molecule has 34 heavy (non-hydrogen) atoms. The van der Waals surface area contributed by atoms with Crippen LogP contribution in [0.1, 0.15) is 57.5 Å². The Labute approximate surface area is 203 Å². The van der Waals surface area contributed by atoms with Gasteiger partial charge in [0.25, 0.3) is 0 Å². The Hall–Kier alpha value is -3.40. The van der Waals surface area contributed by atoms with Crippen molar-refractivity contribution in [1.82, 2.24) is 4.98 Å². The first-order valence-electron chi connectivity index (χ1n) is 10.1. The normalized spacial score (nSPS) is 10.9. The van der Waals surface area contributed by atoms with Crippen LogP contribution in [0.4, 0.5) is 13.2 Å². The van der Waals surface area contributed by atoms with Gasteiger partial charge in [0.05, 0.1) is 5.56 Å². The minimum absolute atomic E-state index is 0. The van der Waals surface area contributed by atoms with Crippen LogP contribution in [0.2, 0.25) is 0 Å². The molecule has 0 spiro atoms. The van der Waals surface area contributed by atoms with E-state index in [2.05, 4.69) is 42.2 Å². The number of aromatic nitrogens is 1. The summed E-state index contributed by atoms with van der Waals surface area (Å²) in [7, 11) is 0. The lowest BCUT2D eigenvalue weighted by atomic mass is 9.97. The molecule has 1 atom stereocenters. The lowest BCUT2D eigenvalue weighted by Gasteiger charge is -2.10. The second kappa shape index (κ2) is 14.0. The third-order valence-corrected chi connectivity index (χ3v) is 5.10. The number of hydrogen-bond acceptors (Lipinski definition) is 1. The van der Waals surface area contributed by atoms with Crippen LogP contribution in [0.15, 0.2) is 103 Å². The molecular weight excluding hydrogens is 431 g/mol. The van der Waals surface area contributed by atoms with Crippen molar-refractivity contribution in [2.24, 2.45) is 0 Å². The van der Waals surface area contributed by atoms with Gasteiger partial charge < -0.3 is 0 Å². The molecule has 3 aromatic carbocycles. The van der Waals surface area contributed by atoms with Crippen molar-refractivity contribution in [2.75, 3.05) is 0 Å². The van der Waals surface area contributed by atoms with Crippen LogP contribution in [0, 0.1) is 6.92 Å². The summed E-state index contributed by atoms with van der Waals surface area (Å²) in [5, 5.41) is 0. The second-order valence-corrected chi connectivity index (χ2v) is 7.28. The van der Waals surface area contributed by atoms with Crippen molar-refractivity contribution in [3.05, 3.63) is 126 Å². The SMILES string of the molecule is C.C.C.CC(c1ccccc1)c1ccccn1.Cc1ccccc1-c1ccc(C(F)(F)F)cc1. The maximum Gasteiger partial charge on any atom is 0.416 e. The largest absolute Gasteiger partial charge is 0.416 e. The molecule has 4 heteroatoms. The maximum atomic E-state index is 12.4. The highest BCUT2D eigenvalue weighted by Crippen LogP contribution is 2.31. The average molecular weight is 468 g/mol. The van der Waals surface area contributed by atoms with Crippen LogP contribution in [0.3, 0.4) is 0 Å². The van der Waals surface area contributed by atoms with Gasteiger partial charge in [0.15, 0.2) is 0 Å². The lowest BCUT2D eigenvalue weighted by molar-refractivity contribution is -0.137.